The minimum absolute atomic E-state index is 0.198. The molecule has 3 aromatic carbocycles. The Labute approximate surface area is 200 Å². The molecule has 1 atom stereocenters. The number of para-hydroxylation sites is 2. The predicted molar refractivity (Wildman–Crippen MR) is 134 cm³/mol. The number of aliphatic hydroxyl groups excluding tert-OH is 1. The predicted octanol–water partition coefficient (Wildman–Crippen LogP) is 5.21. The Morgan fingerprint density at radius 2 is 1.65 bits per heavy atom. The molecule has 1 N–H and O–H groups in total. The average Bonchev–Trinajstić information content (AvgIpc) is 3.19. The van der Waals surface area contributed by atoms with Crippen molar-refractivity contribution in [2.24, 2.45) is 0 Å². The van der Waals surface area contributed by atoms with Crippen LogP contribution in [0.25, 0.3) is 11.0 Å². The fourth-order valence-corrected chi connectivity index (χ4v) is 4.04. The lowest BCUT2D eigenvalue weighted by atomic mass is 10.0. The summed E-state index contributed by atoms with van der Waals surface area (Å²) in [5, 5.41) is 10.8. The summed E-state index contributed by atoms with van der Waals surface area (Å²) in [5.41, 5.74) is 4.19. The number of nitrogens with zero attached hydrogens (tertiary/aromatic N) is 2. The lowest BCUT2D eigenvalue weighted by Crippen LogP contribution is -2.24. The molecule has 0 bridgehead atoms. The normalized spacial score (nSPS) is 12.2. The fraction of sp³-hybridized carbons (Fsp3) is 0.321. The first-order chi connectivity index (χ1) is 16.5. The zero-order valence-corrected chi connectivity index (χ0v) is 20.2. The first kappa shape index (κ1) is 23.6. The minimum Gasteiger partial charge on any atom is -0.493 e. The number of imidazole rings is 1. The van der Waals surface area contributed by atoms with E-state index in [0.717, 1.165) is 28.2 Å². The van der Waals surface area contributed by atoms with Crippen LogP contribution in [0, 0.1) is 0 Å². The van der Waals surface area contributed by atoms with Gasteiger partial charge in [-0.15, -0.1) is 0 Å². The number of benzene rings is 3. The van der Waals surface area contributed by atoms with Crippen LogP contribution in [0.3, 0.4) is 0 Å². The number of aromatic nitrogens is 2. The number of fused-ring (bicyclic) bond motifs is 1. The maximum atomic E-state index is 10.8. The van der Waals surface area contributed by atoms with Gasteiger partial charge in [0.25, 0.3) is 0 Å². The van der Waals surface area contributed by atoms with Gasteiger partial charge in [-0.05, 0) is 53.4 Å². The van der Waals surface area contributed by atoms with E-state index >= 15 is 0 Å². The molecule has 0 radical (unpaired) electrons. The molecule has 1 unspecified atom stereocenters. The highest BCUT2D eigenvalue weighted by molar-refractivity contribution is 5.76. The summed E-state index contributed by atoms with van der Waals surface area (Å²) in [6, 6.07) is 21.9. The maximum Gasteiger partial charge on any atom is 0.161 e. The van der Waals surface area contributed by atoms with Crippen molar-refractivity contribution in [2.75, 3.05) is 20.8 Å². The van der Waals surface area contributed by atoms with Gasteiger partial charge in [0.05, 0.1) is 31.8 Å². The van der Waals surface area contributed by atoms with Gasteiger partial charge in [-0.1, -0.05) is 44.2 Å². The molecule has 0 fully saturated rings. The standard InChI is InChI=1S/C28H32N2O4/c1-19(2)21-10-12-23(13-11-21)34-18-22(31)17-30-25-8-6-5-7-24(25)29-28(30)16-20-9-14-26(32-3)27(15-20)33-4/h5-15,19,22,31H,16-18H2,1-4H3. The van der Waals surface area contributed by atoms with Gasteiger partial charge in [0.2, 0.25) is 0 Å². The molecule has 0 aliphatic rings. The molecule has 34 heavy (non-hydrogen) atoms. The molecule has 0 saturated heterocycles. The Hall–Kier alpha value is -3.51. The number of hydrogen-bond acceptors (Lipinski definition) is 5. The SMILES string of the molecule is COc1ccc(Cc2nc3ccccc3n2CC(O)COc2ccc(C(C)C)cc2)cc1OC. The lowest BCUT2D eigenvalue weighted by molar-refractivity contribution is 0.0928. The molecule has 1 heterocycles. The third-order valence-electron chi connectivity index (χ3n) is 5.93. The highest BCUT2D eigenvalue weighted by Gasteiger charge is 2.16. The van der Waals surface area contributed by atoms with Crippen molar-refractivity contribution in [3.05, 3.63) is 83.7 Å². The van der Waals surface area contributed by atoms with E-state index in [1.807, 2.05) is 54.6 Å². The highest BCUT2D eigenvalue weighted by Crippen LogP contribution is 2.29. The van der Waals surface area contributed by atoms with Crippen molar-refractivity contribution >= 4 is 11.0 Å². The van der Waals surface area contributed by atoms with Crippen LogP contribution in [0.4, 0.5) is 0 Å². The van der Waals surface area contributed by atoms with Gasteiger partial charge in [-0.3, -0.25) is 0 Å². The quantitative estimate of drug-likeness (QED) is 0.352. The largest absolute Gasteiger partial charge is 0.493 e. The van der Waals surface area contributed by atoms with Crippen LogP contribution in [-0.2, 0) is 13.0 Å². The molecule has 0 saturated carbocycles. The van der Waals surface area contributed by atoms with Gasteiger partial charge in [0.1, 0.15) is 24.3 Å². The fourth-order valence-electron chi connectivity index (χ4n) is 4.04. The zero-order valence-electron chi connectivity index (χ0n) is 20.2. The first-order valence-electron chi connectivity index (χ1n) is 11.5. The summed E-state index contributed by atoms with van der Waals surface area (Å²) in [4.78, 5) is 4.84. The van der Waals surface area contributed by atoms with Crippen LogP contribution in [0.2, 0.25) is 0 Å². The second-order valence-corrected chi connectivity index (χ2v) is 8.68. The van der Waals surface area contributed by atoms with Gasteiger partial charge >= 0.3 is 0 Å². The molecule has 6 heteroatoms. The summed E-state index contributed by atoms with van der Waals surface area (Å²) >= 11 is 0. The van der Waals surface area contributed by atoms with Crippen LogP contribution in [0.1, 0.15) is 36.7 Å². The number of rotatable bonds is 10. The topological polar surface area (TPSA) is 65.7 Å². The molecule has 0 aliphatic heterocycles. The molecule has 6 nitrogen and oxygen atoms in total. The molecule has 4 rings (SSSR count). The van der Waals surface area contributed by atoms with Crippen LogP contribution >= 0.6 is 0 Å². The van der Waals surface area contributed by atoms with Crippen molar-refractivity contribution < 1.29 is 19.3 Å². The van der Waals surface area contributed by atoms with E-state index in [2.05, 4.69) is 30.5 Å². The monoisotopic (exact) mass is 460 g/mol. The number of methoxy groups -OCH3 is 2. The van der Waals surface area contributed by atoms with Crippen LogP contribution in [-0.4, -0.2) is 41.6 Å². The van der Waals surface area contributed by atoms with E-state index in [-0.39, 0.29) is 6.61 Å². The van der Waals surface area contributed by atoms with Crippen molar-refractivity contribution in [2.45, 2.75) is 38.8 Å². The zero-order chi connectivity index (χ0) is 24.1. The van der Waals surface area contributed by atoms with E-state index in [4.69, 9.17) is 19.2 Å². The highest BCUT2D eigenvalue weighted by atomic mass is 16.5. The molecule has 4 aromatic rings. The van der Waals surface area contributed by atoms with Gasteiger partial charge in [-0.2, -0.15) is 0 Å². The van der Waals surface area contributed by atoms with Crippen LogP contribution in [0.15, 0.2) is 66.7 Å². The number of hydrogen-bond donors (Lipinski definition) is 1. The van der Waals surface area contributed by atoms with Crippen molar-refractivity contribution in [1.29, 1.82) is 0 Å². The Bertz CT molecular complexity index is 1230. The van der Waals surface area contributed by atoms with Crippen LogP contribution < -0.4 is 14.2 Å². The van der Waals surface area contributed by atoms with Gasteiger partial charge in [0, 0.05) is 6.42 Å². The number of ether oxygens (including phenoxy) is 3. The second-order valence-electron chi connectivity index (χ2n) is 8.68. The summed E-state index contributed by atoms with van der Waals surface area (Å²) in [7, 11) is 3.25. The lowest BCUT2D eigenvalue weighted by Gasteiger charge is -2.16. The molecule has 0 amide bonds. The van der Waals surface area contributed by atoms with E-state index in [1.54, 1.807) is 14.2 Å². The Kier molecular flexibility index (Phi) is 7.38. The van der Waals surface area contributed by atoms with Crippen LogP contribution in [0.5, 0.6) is 17.2 Å². The van der Waals surface area contributed by atoms with Gasteiger partial charge < -0.3 is 23.9 Å². The van der Waals surface area contributed by atoms with Gasteiger partial charge in [-0.25, -0.2) is 4.98 Å². The summed E-state index contributed by atoms with van der Waals surface area (Å²) in [6.45, 7) is 4.90. The van der Waals surface area contributed by atoms with E-state index < -0.39 is 6.10 Å². The van der Waals surface area contributed by atoms with Gasteiger partial charge in [0.15, 0.2) is 11.5 Å². The Morgan fingerprint density at radius 1 is 0.912 bits per heavy atom. The number of aliphatic hydroxyl groups is 1. The molecule has 0 aliphatic carbocycles. The van der Waals surface area contributed by atoms with Crippen molar-refractivity contribution in [1.82, 2.24) is 9.55 Å². The average molecular weight is 461 g/mol. The van der Waals surface area contributed by atoms with Crippen molar-refractivity contribution in [3.63, 3.8) is 0 Å². The van der Waals surface area contributed by atoms with E-state index in [9.17, 15) is 5.11 Å². The second kappa shape index (κ2) is 10.6. The molecule has 0 spiro atoms. The third kappa shape index (κ3) is 5.34. The minimum atomic E-state index is -0.688. The van der Waals surface area contributed by atoms with E-state index in [0.29, 0.717) is 30.4 Å². The Balaban J connectivity index is 1.52. The first-order valence-corrected chi connectivity index (χ1v) is 11.5. The smallest absolute Gasteiger partial charge is 0.161 e. The summed E-state index contributed by atoms with van der Waals surface area (Å²) in [5.74, 6) is 3.46. The molecule has 1 aromatic heterocycles. The molecule has 178 valence electrons. The molecular formula is C28H32N2O4. The summed E-state index contributed by atoms with van der Waals surface area (Å²) in [6.07, 6.45) is -0.0919. The van der Waals surface area contributed by atoms with Crippen molar-refractivity contribution in [3.8, 4) is 17.2 Å². The third-order valence-corrected chi connectivity index (χ3v) is 5.93. The van der Waals surface area contributed by atoms with E-state index in [1.165, 1.54) is 5.56 Å². The maximum absolute atomic E-state index is 10.8. The summed E-state index contributed by atoms with van der Waals surface area (Å²) < 4.78 is 18.7. The Morgan fingerprint density at radius 3 is 2.35 bits per heavy atom. The molecular weight excluding hydrogens is 428 g/mol.